The van der Waals surface area contributed by atoms with Gasteiger partial charge in [-0.3, -0.25) is 24.7 Å². The summed E-state index contributed by atoms with van der Waals surface area (Å²) < 4.78 is 129. The molecule has 2 heterocycles. The number of nitro benzene ring substituents is 1. The molecule has 49 heteroatoms. The molecule has 794 valence electrons. The van der Waals surface area contributed by atoms with Crippen LogP contribution in [-0.4, -0.2) is 340 Å². The molecular weight excluding hydrogens is 1980 g/mol. The van der Waals surface area contributed by atoms with Crippen LogP contribution in [0, 0.1) is 44.4 Å². The number of carbonyl (C=O) groups is 6. The minimum absolute atomic E-state index is 0.0991. The van der Waals surface area contributed by atoms with Gasteiger partial charge in [-0.05, 0) is 94.4 Å². The quantitative estimate of drug-likeness (QED) is 0.00180. The molecule has 2 amide bonds. The zero-order chi connectivity index (χ0) is 107. The number of ether oxygens (including phenoxy) is 25. The van der Waals surface area contributed by atoms with Gasteiger partial charge in [0.05, 0.1) is 150 Å². The van der Waals surface area contributed by atoms with Crippen LogP contribution >= 0.6 is 27.5 Å². The summed E-state index contributed by atoms with van der Waals surface area (Å²) in [6, 6.07) is 21.4. The second-order valence-electron chi connectivity index (χ2n) is 26.9. The topological polar surface area (TPSA) is 608 Å². The Morgan fingerprint density at radius 1 is 0.462 bits per heavy atom. The SMILES string of the molecule is C#Cc1cccc(N)c1.CCOC(=O)c1cc(OCCOC)c(OCCOC)cc1N.CCOC(=O)c1cc(OCCOC)c(OCCOC)cc1[N+](=O)[O-].CCOC(=O)c1ccc(O)c(O)c1.CCOC(=O)c1ccc(OCCOC)c(OCCOC)c1.COCCBr.COCCOC1=CC2=NC=NC(=O)C2C=C1OCCOC.COCCOC1=CC2=NC=NC(Cl)C2C=C1OCCOC.NC=O.O=[N+]([O-])O. The van der Waals surface area contributed by atoms with Crippen molar-refractivity contribution in [1.82, 2.24) is 0 Å². The second kappa shape index (κ2) is 82.1. The highest BCUT2D eigenvalue weighted by atomic mass is 79.9. The van der Waals surface area contributed by atoms with Crippen LogP contribution in [0.2, 0.25) is 0 Å². The van der Waals surface area contributed by atoms with E-state index >= 15 is 0 Å². The van der Waals surface area contributed by atoms with Gasteiger partial charge in [0, 0.05) is 125 Å². The van der Waals surface area contributed by atoms with Crippen LogP contribution in [0.3, 0.4) is 0 Å². The third-order valence-corrected chi connectivity index (χ3v) is 17.5. The van der Waals surface area contributed by atoms with Crippen molar-refractivity contribution in [2.45, 2.75) is 33.2 Å². The van der Waals surface area contributed by atoms with Gasteiger partial charge >= 0.3 is 23.9 Å². The number of nitrogens with zero attached hydrogens (tertiary/aromatic N) is 6. The number of phenolic OH excluding ortho intramolecular Hbond substituents is 2. The van der Waals surface area contributed by atoms with E-state index in [0.717, 1.165) is 35.3 Å². The lowest BCUT2D eigenvalue weighted by molar-refractivity contribution is -0.742. The number of halogens is 2. The third-order valence-electron chi connectivity index (χ3n) is 16.8. The molecule has 0 spiro atoms. The average Bonchev–Trinajstić information content (AvgIpc) is 0.815. The number of benzene rings is 5. The summed E-state index contributed by atoms with van der Waals surface area (Å²) in [4.78, 5) is 102. The van der Waals surface area contributed by atoms with Crippen LogP contribution in [0.5, 0.6) is 46.0 Å². The summed E-state index contributed by atoms with van der Waals surface area (Å²) in [5, 5.41) is 43.8. The van der Waals surface area contributed by atoms with Crippen LogP contribution in [-0.2, 0) is 99.6 Å². The van der Waals surface area contributed by atoms with Gasteiger partial charge in [-0.1, -0.05) is 39.5 Å². The van der Waals surface area contributed by atoms with E-state index < -0.39 is 45.5 Å². The Labute approximate surface area is 843 Å². The van der Waals surface area contributed by atoms with Gasteiger partial charge in [0.2, 0.25) is 6.41 Å². The minimum atomic E-state index is -1.50. The Kier molecular flexibility index (Phi) is 74.3. The van der Waals surface area contributed by atoms with E-state index in [0.29, 0.717) is 189 Å². The summed E-state index contributed by atoms with van der Waals surface area (Å²) in [5.74, 6) is 3.31. The summed E-state index contributed by atoms with van der Waals surface area (Å²) >= 11 is 9.38. The lowest BCUT2D eigenvalue weighted by atomic mass is 9.95. The number of allylic oxidation sites excluding steroid dienone is 2. The molecule has 4 aliphatic rings. The maximum absolute atomic E-state index is 12.0. The molecule has 0 saturated heterocycles. The van der Waals surface area contributed by atoms with Crippen molar-refractivity contribution in [1.29, 1.82) is 0 Å². The molecular formula is C94H131BrClN9O38. The second-order valence-corrected chi connectivity index (χ2v) is 28.1. The number of hydrogen-bond acceptors (Lipinski definition) is 42. The number of nitrogen functional groups attached to an aromatic ring is 2. The number of phenols is 2. The van der Waals surface area contributed by atoms with E-state index in [4.69, 9.17) is 174 Å². The first-order valence-corrected chi connectivity index (χ1v) is 44.9. The molecule has 0 fully saturated rings. The van der Waals surface area contributed by atoms with Crippen molar-refractivity contribution < 1.29 is 173 Å². The zero-order valence-corrected chi connectivity index (χ0v) is 85.0. The monoisotopic (exact) mass is 2110 g/mol. The van der Waals surface area contributed by atoms with Crippen LogP contribution in [0.1, 0.15) is 74.7 Å². The highest BCUT2D eigenvalue weighted by Gasteiger charge is 2.33. The number of primary amides is 1. The van der Waals surface area contributed by atoms with E-state index in [1.54, 1.807) is 140 Å². The number of aromatic hydroxyl groups is 2. The first kappa shape index (κ1) is 129. The number of fused-ring (bicyclic) bond motifs is 2. The molecule has 2 aliphatic heterocycles. The van der Waals surface area contributed by atoms with Gasteiger partial charge in [-0.15, -0.1) is 16.5 Å². The predicted molar refractivity (Wildman–Crippen MR) is 529 cm³/mol. The third kappa shape index (κ3) is 55.5. The van der Waals surface area contributed by atoms with Gasteiger partial charge < -0.3 is 151 Å². The van der Waals surface area contributed by atoms with Gasteiger partial charge in [0.15, 0.2) is 69.0 Å². The molecule has 143 heavy (non-hydrogen) atoms. The van der Waals surface area contributed by atoms with E-state index in [-0.39, 0.29) is 102 Å². The Bertz CT molecular complexity index is 4850. The Balaban J connectivity index is 0.00000163. The van der Waals surface area contributed by atoms with Crippen molar-refractivity contribution in [3.63, 3.8) is 0 Å². The number of methoxy groups -OCH3 is 11. The summed E-state index contributed by atoms with van der Waals surface area (Å²) in [7, 11) is 17.5. The molecule has 5 aromatic carbocycles. The van der Waals surface area contributed by atoms with Gasteiger partial charge in [0.25, 0.3) is 16.7 Å². The van der Waals surface area contributed by atoms with E-state index in [2.05, 4.69) is 52.3 Å². The predicted octanol–water partition coefficient (Wildman–Crippen LogP) is 10.0. The number of rotatable bonds is 51. The Morgan fingerprint density at radius 2 is 0.825 bits per heavy atom. The first-order valence-electron chi connectivity index (χ1n) is 43.4. The number of carbonyl (C=O) groups excluding carboxylic acids is 6. The van der Waals surface area contributed by atoms with Gasteiger partial charge in [-0.25, -0.2) is 34.2 Å². The largest absolute Gasteiger partial charge is 0.504 e. The zero-order valence-electron chi connectivity index (χ0n) is 82.6. The standard InChI is InChI=1S/C15H21NO8.C15H23NO6.C15H22O6.C14H19ClN2O4.C14H18N2O5.C9H10O4.C8H7N.C3H7BrO.CH3NO.HNO3/c1-4-22-15(17)11-9-13(23-7-5-20-2)14(24-8-6-21-3)10-12(11)16(18)19;1-4-20-15(17)11-9-13(21-7-5-18-2)14(10-12(11)16)22-8-6-19-3;1-4-19-15(16)12-5-6-13(20-9-7-17-2)14(11-12)21-10-8-18-3;1-18-3-5-20-12-7-10-11(16-9-17-14(10)15)8-13(12)21-6-4-19-2;1-18-3-5-20-12-7-10-11(15-9-16-14(10)17)8-13(12)21-6-4-19-2;1-2-13-9(12)6-3-4-7(10)8(11)5-6;1-2-7-4-3-5-8(9)6-7;1-5-3-2-4;2-1-3;2-1(3)4/h9-10H,4-8H2,1-3H3;9-10H,4-8,16H2,1-3H3;5-6,11H,4,7-10H2,1-3H3;7-10,14H,3-6H2,1-2H3;7-10H,3-6H2,1-2H3;3-5,10-11H,2H2,1H3;1,3-6H,9H2;2-3H2,1H3;1H,(H2,2,3);(H,2,3,4). The number of anilines is 2. The molecule has 3 unspecified atom stereocenters. The lowest BCUT2D eigenvalue weighted by Gasteiger charge is -2.26. The molecule has 0 radical (unpaired) electrons. The maximum atomic E-state index is 12.0. The summed E-state index contributed by atoms with van der Waals surface area (Å²) in [6.07, 6.45) is 15.2. The number of amides is 2. The van der Waals surface area contributed by atoms with Crippen LogP contribution in [0.15, 0.2) is 152 Å². The summed E-state index contributed by atoms with van der Waals surface area (Å²) in [6.45, 7) is 16.2. The Morgan fingerprint density at radius 3 is 1.22 bits per heavy atom. The van der Waals surface area contributed by atoms with Gasteiger partial charge in [-0.2, -0.15) is 0 Å². The van der Waals surface area contributed by atoms with Crippen LogP contribution in [0.25, 0.3) is 0 Å². The summed E-state index contributed by atoms with van der Waals surface area (Å²) in [5.41, 5.74) is 18.6. The lowest BCUT2D eigenvalue weighted by Crippen LogP contribution is -2.28. The number of nitro groups is 1. The number of aliphatic imine (C=N–C) groups is 4. The molecule has 9 N–H and O–H groups in total. The number of terminal acetylenes is 1. The van der Waals surface area contributed by atoms with Crippen molar-refractivity contribution in [3.05, 3.63) is 180 Å². The van der Waals surface area contributed by atoms with Crippen molar-refractivity contribution in [3.8, 4) is 58.3 Å². The van der Waals surface area contributed by atoms with E-state index in [9.17, 15) is 34.1 Å². The highest BCUT2D eigenvalue weighted by Crippen LogP contribution is 2.38. The smallest absolute Gasteiger partial charge is 0.345 e. The molecule has 47 nitrogen and oxygen atoms in total. The van der Waals surface area contributed by atoms with E-state index in [1.807, 2.05) is 24.3 Å². The molecule has 2 aliphatic carbocycles. The molecule has 5 aromatic rings. The van der Waals surface area contributed by atoms with Crippen LogP contribution < -0.4 is 45.6 Å². The molecule has 0 saturated carbocycles. The fourth-order valence-electron chi connectivity index (χ4n) is 10.3. The molecule has 0 bridgehead atoms. The minimum Gasteiger partial charge on any atom is -0.504 e. The number of esters is 4. The molecule has 0 aromatic heterocycles. The Hall–Kier alpha value is -13.5. The van der Waals surface area contributed by atoms with Crippen molar-refractivity contribution in [2.75, 3.05) is 260 Å². The van der Waals surface area contributed by atoms with Gasteiger partial charge in [0.1, 0.15) is 95.7 Å². The fourth-order valence-corrected chi connectivity index (χ4v) is 10.9. The molecule has 9 rings (SSSR count). The average molecular weight is 2110 g/mol. The maximum Gasteiger partial charge on any atom is 0.345 e. The van der Waals surface area contributed by atoms with Crippen LogP contribution in [0.4, 0.5) is 17.1 Å². The van der Waals surface area contributed by atoms with Crippen molar-refractivity contribution >= 4 is 105 Å². The molecule has 3 atom stereocenters. The highest BCUT2D eigenvalue weighted by molar-refractivity contribution is 9.09. The normalized spacial score (nSPS) is 13.3. The fraction of sp³-hybridized carbons (Fsp3) is 0.468. The number of nitrogens with two attached hydrogens (primary N) is 3. The van der Waals surface area contributed by atoms with Crippen molar-refractivity contribution in [2.24, 2.45) is 37.5 Å². The first-order chi connectivity index (χ1) is 68.9. The number of hydrogen-bond donors (Lipinski definition) is 6. The number of alkyl halides is 2. The van der Waals surface area contributed by atoms with E-state index in [1.165, 1.54) is 51.2 Å².